The number of rotatable bonds is 3. The molecule has 0 fully saturated rings. The molecule has 3 nitrogen and oxygen atoms in total. The molecule has 0 unspecified atom stereocenters. The summed E-state index contributed by atoms with van der Waals surface area (Å²) in [5.41, 5.74) is 2.78. The normalized spacial score (nSPS) is 14.2. The fraction of sp³-hybridized carbons (Fsp3) is 0.312. The number of ether oxygens (including phenoxy) is 1. The van der Waals surface area contributed by atoms with Gasteiger partial charge in [0.15, 0.2) is 17.3 Å². The zero-order chi connectivity index (χ0) is 14.1. The predicted octanol–water partition coefficient (Wildman–Crippen LogP) is 3.20. The highest BCUT2D eigenvalue weighted by Gasteiger charge is 2.19. The van der Waals surface area contributed by atoms with Crippen molar-refractivity contribution in [2.24, 2.45) is 0 Å². The Kier molecular flexibility index (Phi) is 3.30. The molecular formula is C16H16FNO2. The topological polar surface area (TPSA) is 31.2 Å². The lowest BCUT2D eigenvalue weighted by atomic mass is 9.95. The Morgan fingerprint density at radius 1 is 1.30 bits per heavy atom. The second-order valence-electron chi connectivity index (χ2n) is 5.12. The molecule has 2 aromatic rings. The van der Waals surface area contributed by atoms with E-state index in [0.717, 1.165) is 29.5 Å². The number of halogens is 1. The number of ketones is 1. The minimum absolute atomic E-state index is 0.214. The van der Waals surface area contributed by atoms with Crippen LogP contribution in [-0.4, -0.2) is 17.5 Å². The van der Waals surface area contributed by atoms with Crippen molar-refractivity contribution >= 4 is 5.78 Å². The molecular weight excluding hydrogens is 257 g/mol. The van der Waals surface area contributed by atoms with Crippen LogP contribution >= 0.6 is 0 Å². The molecule has 0 aliphatic heterocycles. The van der Waals surface area contributed by atoms with Gasteiger partial charge in [-0.1, -0.05) is 6.07 Å². The van der Waals surface area contributed by atoms with Crippen LogP contribution < -0.4 is 4.74 Å². The molecule has 1 aliphatic rings. The maximum absolute atomic E-state index is 13.7. The third kappa shape index (κ3) is 2.33. The molecule has 0 radical (unpaired) electrons. The highest BCUT2D eigenvalue weighted by atomic mass is 19.1. The number of aromatic nitrogens is 1. The summed E-state index contributed by atoms with van der Waals surface area (Å²) >= 11 is 0. The van der Waals surface area contributed by atoms with E-state index in [2.05, 4.69) is 0 Å². The van der Waals surface area contributed by atoms with Gasteiger partial charge in [0.1, 0.15) is 0 Å². The molecule has 0 amide bonds. The second-order valence-corrected chi connectivity index (χ2v) is 5.12. The standard InChI is InChI=1S/C16H16FNO2/c1-20-16-6-5-11(7-14(16)17)8-18-9-12-3-2-4-15(19)13(12)10-18/h5-7,9-10H,2-4,8H2,1H3. The van der Waals surface area contributed by atoms with E-state index in [1.54, 1.807) is 6.07 Å². The van der Waals surface area contributed by atoms with Gasteiger partial charge >= 0.3 is 0 Å². The van der Waals surface area contributed by atoms with Crippen LogP contribution in [0.4, 0.5) is 4.39 Å². The Hall–Kier alpha value is -2.10. The van der Waals surface area contributed by atoms with E-state index in [-0.39, 0.29) is 17.3 Å². The Morgan fingerprint density at radius 3 is 2.85 bits per heavy atom. The molecule has 0 N–H and O–H groups in total. The molecule has 0 atom stereocenters. The number of methoxy groups -OCH3 is 1. The van der Waals surface area contributed by atoms with Gasteiger partial charge in [-0.3, -0.25) is 4.79 Å². The average Bonchev–Trinajstić information content (AvgIpc) is 2.83. The maximum Gasteiger partial charge on any atom is 0.165 e. The summed E-state index contributed by atoms with van der Waals surface area (Å²) in [5.74, 6) is 0.0969. The lowest BCUT2D eigenvalue weighted by molar-refractivity contribution is 0.0973. The molecule has 1 aromatic heterocycles. The van der Waals surface area contributed by atoms with Crippen LogP contribution in [0, 0.1) is 5.82 Å². The van der Waals surface area contributed by atoms with Gasteiger partial charge in [-0.15, -0.1) is 0 Å². The summed E-state index contributed by atoms with van der Waals surface area (Å²) in [5, 5.41) is 0. The molecule has 1 aromatic carbocycles. The van der Waals surface area contributed by atoms with Crippen LogP contribution in [0.15, 0.2) is 30.6 Å². The first-order valence-electron chi connectivity index (χ1n) is 6.71. The van der Waals surface area contributed by atoms with Crippen LogP contribution in [0.25, 0.3) is 0 Å². The summed E-state index contributed by atoms with van der Waals surface area (Å²) in [6.07, 6.45) is 6.37. The van der Waals surface area contributed by atoms with Gasteiger partial charge < -0.3 is 9.30 Å². The van der Waals surface area contributed by atoms with Crippen LogP contribution in [0.5, 0.6) is 5.75 Å². The van der Waals surface area contributed by atoms with Crippen molar-refractivity contribution in [3.05, 3.63) is 53.1 Å². The fourth-order valence-electron chi connectivity index (χ4n) is 2.69. The monoisotopic (exact) mass is 273 g/mol. The van der Waals surface area contributed by atoms with Crippen LogP contribution in [0.2, 0.25) is 0 Å². The van der Waals surface area contributed by atoms with E-state index < -0.39 is 0 Å². The summed E-state index contributed by atoms with van der Waals surface area (Å²) in [6, 6.07) is 4.93. The quantitative estimate of drug-likeness (QED) is 0.860. The average molecular weight is 273 g/mol. The predicted molar refractivity (Wildman–Crippen MR) is 73.8 cm³/mol. The summed E-state index contributed by atoms with van der Waals surface area (Å²) < 4.78 is 20.5. The Balaban J connectivity index is 1.85. The number of hydrogen-bond acceptors (Lipinski definition) is 2. The van der Waals surface area contributed by atoms with Crippen molar-refractivity contribution in [3.63, 3.8) is 0 Å². The Labute approximate surface area is 117 Å². The van der Waals surface area contributed by atoms with Gasteiger partial charge in [-0.05, 0) is 36.1 Å². The number of nitrogens with zero attached hydrogens (tertiary/aromatic N) is 1. The third-order valence-corrected chi connectivity index (χ3v) is 3.69. The van der Waals surface area contributed by atoms with Crippen LogP contribution in [-0.2, 0) is 13.0 Å². The van der Waals surface area contributed by atoms with E-state index in [1.165, 1.54) is 13.2 Å². The molecule has 104 valence electrons. The molecule has 0 saturated carbocycles. The number of hydrogen-bond donors (Lipinski definition) is 0. The lowest BCUT2D eigenvalue weighted by Gasteiger charge is -2.07. The number of carbonyl (C=O) groups is 1. The first-order valence-corrected chi connectivity index (χ1v) is 6.71. The number of Topliss-reactive ketones (excluding diaryl/α,β-unsaturated/α-hetero) is 1. The second kappa shape index (κ2) is 5.12. The van der Waals surface area contributed by atoms with E-state index in [9.17, 15) is 9.18 Å². The summed E-state index contributed by atoms with van der Waals surface area (Å²) in [7, 11) is 1.45. The van der Waals surface area contributed by atoms with E-state index in [1.807, 2.05) is 23.0 Å². The Morgan fingerprint density at radius 2 is 2.15 bits per heavy atom. The van der Waals surface area contributed by atoms with Crippen molar-refractivity contribution in [1.82, 2.24) is 4.57 Å². The number of carbonyl (C=O) groups excluding carboxylic acids is 1. The van der Waals surface area contributed by atoms with Crippen LogP contribution in [0.1, 0.15) is 34.3 Å². The Bertz CT molecular complexity index is 660. The molecule has 4 heteroatoms. The van der Waals surface area contributed by atoms with Crippen molar-refractivity contribution in [2.45, 2.75) is 25.8 Å². The van der Waals surface area contributed by atoms with E-state index in [4.69, 9.17) is 4.74 Å². The lowest BCUT2D eigenvalue weighted by Crippen LogP contribution is -2.07. The number of aryl methyl sites for hydroxylation is 1. The minimum atomic E-state index is -0.363. The molecule has 20 heavy (non-hydrogen) atoms. The molecule has 0 bridgehead atoms. The molecule has 0 saturated heterocycles. The van der Waals surface area contributed by atoms with Gasteiger partial charge in [0.05, 0.1) is 7.11 Å². The molecule has 1 heterocycles. The smallest absolute Gasteiger partial charge is 0.165 e. The molecule has 3 rings (SSSR count). The molecule has 0 spiro atoms. The first-order chi connectivity index (χ1) is 9.67. The van der Waals surface area contributed by atoms with E-state index in [0.29, 0.717) is 13.0 Å². The molecule has 1 aliphatic carbocycles. The van der Waals surface area contributed by atoms with Crippen molar-refractivity contribution in [1.29, 1.82) is 0 Å². The van der Waals surface area contributed by atoms with Gasteiger partial charge in [-0.25, -0.2) is 4.39 Å². The van der Waals surface area contributed by atoms with Crippen molar-refractivity contribution in [2.75, 3.05) is 7.11 Å². The highest BCUT2D eigenvalue weighted by Crippen LogP contribution is 2.23. The zero-order valence-corrected chi connectivity index (χ0v) is 11.4. The van der Waals surface area contributed by atoms with Crippen molar-refractivity contribution < 1.29 is 13.9 Å². The summed E-state index contributed by atoms with van der Waals surface area (Å²) in [4.78, 5) is 11.8. The van der Waals surface area contributed by atoms with Gasteiger partial charge in [-0.2, -0.15) is 0 Å². The third-order valence-electron chi connectivity index (χ3n) is 3.69. The van der Waals surface area contributed by atoms with Crippen LogP contribution in [0.3, 0.4) is 0 Å². The zero-order valence-electron chi connectivity index (χ0n) is 11.4. The maximum atomic E-state index is 13.7. The minimum Gasteiger partial charge on any atom is -0.494 e. The van der Waals surface area contributed by atoms with E-state index >= 15 is 0 Å². The largest absolute Gasteiger partial charge is 0.494 e. The first kappa shape index (κ1) is 12.9. The number of fused-ring (bicyclic) bond motifs is 1. The fourth-order valence-corrected chi connectivity index (χ4v) is 2.69. The van der Waals surface area contributed by atoms with Gasteiger partial charge in [0, 0.05) is 30.9 Å². The van der Waals surface area contributed by atoms with Crippen molar-refractivity contribution in [3.8, 4) is 5.75 Å². The highest BCUT2D eigenvalue weighted by molar-refractivity contribution is 5.98. The van der Waals surface area contributed by atoms with Gasteiger partial charge in [0.25, 0.3) is 0 Å². The summed E-state index contributed by atoms with van der Waals surface area (Å²) in [6.45, 7) is 0.557. The van der Waals surface area contributed by atoms with Gasteiger partial charge in [0.2, 0.25) is 0 Å². The SMILES string of the molecule is COc1ccc(Cn2cc3c(c2)C(=O)CCC3)cc1F. The number of benzene rings is 1.